The van der Waals surface area contributed by atoms with Crippen molar-refractivity contribution in [2.75, 3.05) is 75.9 Å². The first-order chi connectivity index (χ1) is 39.8. The third kappa shape index (κ3) is 15.6. The Hall–Kier alpha value is -2.06. The number of rotatable bonds is 30. The molecule has 1 aliphatic carbocycles. The summed E-state index contributed by atoms with van der Waals surface area (Å²) in [5, 5.41) is 0. The van der Waals surface area contributed by atoms with E-state index >= 15 is 0 Å². The van der Waals surface area contributed by atoms with E-state index in [0.717, 1.165) is 228 Å². The maximum Gasteiger partial charge on any atom is 0.0566 e. The Kier molecular flexibility index (Phi) is 24.1. The number of benzene rings is 6. The van der Waals surface area contributed by atoms with Crippen LogP contribution >= 0.6 is 0 Å². The van der Waals surface area contributed by atoms with Gasteiger partial charge >= 0.3 is 439 Å². The molecule has 2 saturated heterocycles. The van der Waals surface area contributed by atoms with Crippen LogP contribution in [0.15, 0.2) is 109 Å². The maximum atomic E-state index is 6.34. The van der Waals surface area contributed by atoms with Gasteiger partial charge in [0, 0.05) is 24.0 Å². The van der Waals surface area contributed by atoms with E-state index in [1.165, 1.54) is 128 Å². The Morgan fingerprint density at radius 2 is 0.805 bits per heavy atom. The standard InChI is InChI=1S/C70H86N2O6.2W.2Y/c1-7-68(50-75-51-68)48-73-38-16-9-11-18-40-77-66-32-28-62(29-33-66)71(64-44-54(3)42-55(4)45-64)60-24-20-58(21-25-60)70(36-14-13-15-37-70)59-22-26-61(27-23-59)72(65-46-56(5)43-57(6)47-65)63-30-34-67(35-31-63)78-41-19-12-10-17-39-74-49-69(8-2)52-76-53-69;;;;/h20-35,44,46H,7-19,36-41,48-53H2,1-6H3;;;;. The van der Waals surface area contributed by atoms with Crippen LogP contribution in [0.25, 0.3) is 0 Å². The Morgan fingerprint density at radius 3 is 1.13 bits per heavy atom. The molecule has 82 heavy (non-hydrogen) atoms. The van der Waals surface area contributed by atoms with Gasteiger partial charge in [-0.15, -0.1) is 0 Å². The largest absolute Gasteiger partial charge is 0.380 e. The molecular formula is C70H86N2O6W2Y2. The molecule has 3 aliphatic rings. The van der Waals surface area contributed by atoms with Crippen molar-refractivity contribution in [2.24, 2.45) is 10.8 Å². The van der Waals surface area contributed by atoms with Crippen LogP contribution in [-0.4, -0.2) is 66.1 Å². The molecule has 12 heteroatoms. The molecule has 430 valence electrons. The molecule has 0 radical (unpaired) electrons. The van der Waals surface area contributed by atoms with Crippen molar-refractivity contribution in [3.63, 3.8) is 0 Å². The van der Waals surface area contributed by atoms with Gasteiger partial charge in [-0.1, -0.05) is 13.8 Å². The van der Waals surface area contributed by atoms with E-state index in [1.54, 1.807) is 0 Å². The molecule has 0 aromatic heterocycles. The number of anilines is 6. The van der Waals surface area contributed by atoms with E-state index in [2.05, 4.69) is 161 Å². The van der Waals surface area contributed by atoms with E-state index in [1.807, 2.05) is 0 Å². The minimum absolute atomic E-state index is 0.0692. The fourth-order valence-electron chi connectivity index (χ4n) is 12.1. The van der Waals surface area contributed by atoms with Crippen molar-refractivity contribution < 1.29 is 130 Å². The molecule has 3 fully saturated rings. The Morgan fingerprint density at radius 1 is 0.463 bits per heavy atom. The summed E-state index contributed by atoms with van der Waals surface area (Å²) >= 11 is 5.23. The molecule has 2 heterocycles. The van der Waals surface area contributed by atoms with Crippen LogP contribution in [0.1, 0.15) is 144 Å². The van der Waals surface area contributed by atoms with Crippen molar-refractivity contribution in [3.05, 3.63) is 143 Å². The van der Waals surface area contributed by atoms with Crippen LogP contribution in [0.2, 0.25) is 0 Å². The van der Waals surface area contributed by atoms with Crippen LogP contribution in [0, 0.1) is 38.5 Å². The Bertz CT molecular complexity index is 2790. The van der Waals surface area contributed by atoms with Crippen LogP contribution < -0.4 is 31.9 Å². The van der Waals surface area contributed by atoms with Gasteiger partial charge in [0.25, 0.3) is 0 Å². The third-order valence-electron chi connectivity index (χ3n) is 18.1. The summed E-state index contributed by atoms with van der Waals surface area (Å²) < 4.78 is 41.5. The van der Waals surface area contributed by atoms with Gasteiger partial charge in [0.2, 0.25) is 0 Å². The van der Waals surface area contributed by atoms with Crippen molar-refractivity contribution >= 4 is 46.8 Å². The fraction of sp³-hybridized carbons (Fsp3) is 0.486. The molecule has 0 spiro atoms. The van der Waals surface area contributed by atoms with E-state index in [0.29, 0.717) is 0 Å². The first-order valence-electron chi connectivity index (χ1n) is 30.5. The molecule has 6 aromatic rings. The number of ether oxygens (including phenoxy) is 6. The number of unbranched alkanes of at least 4 members (excludes halogenated alkanes) is 6. The van der Waals surface area contributed by atoms with Crippen molar-refractivity contribution in [1.29, 1.82) is 0 Å². The smallest absolute Gasteiger partial charge is 0.0566 e. The van der Waals surface area contributed by atoms with E-state index < -0.39 is 0 Å². The second kappa shape index (κ2) is 30.7. The normalized spacial score (nSPS) is 16.0. The van der Waals surface area contributed by atoms with Gasteiger partial charge in [0.1, 0.15) is 0 Å². The number of hydrogen-bond donors (Lipinski definition) is 0. The summed E-state index contributed by atoms with van der Waals surface area (Å²) in [6.45, 7) is 21.8. The summed E-state index contributed by atoms with van der Waals surface area (Å²) in [7, 11) is 0. The average molecular weight is 1600 g/mol. The van der Waals surface area contributed by atoms with Gasteiger partial charge in [-0.25, -0.2) is 0 Å². The molecule has 0 atom stereocenters. The third-order valence-corrected chi connectivity index (χ3v) is 26.2. The van der Waals surface area contributed by atoms with Crippen molar-refractivity contribution in [2.45, 2.75) is 143 Å². The van der Waals surface area contributed by atoms with Crippen molar-refractivity contribution in [3.8, 4) is 11.5 Å². The van der Waals surface area contributed by atoms with Gasteiger partial charge in [0.05, 0.1) is 39.6 Å². The molecule has 6 aromatic carbocycles. The molecular weight excluding hydrogens is 1510 g/mol. The van der Waals surface area contributed by atoms with Gasteiger partial charge in [0.15, 0.2) is 0 Å². The first kappa shape index (κ1) is 64.4. The molecule has 0 unspecified atom stereocenters. The first-order valence-corrected chi connectivity index (χ1v) is 36.3. The summed E-state index contributed by atoms with van der Waals surface area (Å²) in [5.41, 5.74) is 16.1. The predicted octanol–water partition coefficient (Wildman–Crippen LogP) is 14.6. The topological polar surface area (TPSA) is 61.9 Å². The summed E-state index contributed by atoms with van der Waals surface area (Å²) in [5.74, 6) is 1.85. The van der Waals surface area contributed by atoms with Gasteiger partial charge in [-0.05, 0) is 25.7 Å². The fourth-order valence-corrected chi connectivity index (χ4v) is 17.1. The number of nitrogens with zero attached hydrogens (tertiary/aromatic N) is 2. The zero-order valence-corrected chi connectivity index (χ0v) is 61.4. The zero-order valence-electron chi connectivity index (χ0n) is 49.9. The number of hydrogen-bond acceptors (Lipinski definition) is 8. The van der Waals surface area contributed by atoms with E-state index in [4.69, 9.17) is 28.4 Å². The maximum absolute atomic E-state index is 6.34. The van der Waals surface area contributed by atoms with Gasteiger partial charge < -0.3 is 18.9 Å². The predicted molar refractivity (Wildman–Crippen MR) is 320 cm³/mol. The van der Waals surface area contributed by atoms with Crippen LogP contribution in [0.5, 0.6) is 11.5 Å². The summed E-state index contributed by atoms with van der Waals surface area (Å²) in [6, 6.07) is 41.9. The quantitative estimate of drug-likeness (QED) is 0.0414. The molecule has 8 nitrogen and oxygen atoms in total. The van der Waals surface area contributed by atoms with Crippen molar-refractivity contribution in [1.82, 2.24) is 0 Å². The molecule has 0 N–H and O–H groups in total. The Labute approximate surface area is 554 Å². The minimum Gasteiger partial charge on any atom is -0.380 e. The molecule has 9 rings (SSSR count). The van der Waals surface area contributed by atoms with Crippen LogP contribution in [0.3, 0.4) is 0 Å². The number of aryl methyl sites for hydroxylation is 2. The average Bonchev–Trinajstić information content (AvgIpc) is 3.58. The zero-order chi connectivity index (χ0) is 57.7. The minimum atomic E-state index is -0.0692. The molecule has 2 aliphatic heterocycles. The van der Waals surface area contributed by atoms with Crippen LogP contribution in [0.4, 0.5) is 34.1 Å². The summed E-state index contributed by atoms with van der Waals surface area (Å²) in [6.07, 6.45) is 17.1. The van der Waals surface area contributed by atoms with Crippen LogP contribution in [-0.2, 0) is 126 Å². The van der Waals surface area contributed by atoms with Gasteiger partial charge in [-0.3, -0.25) is 0 Å². The second-order valence-electron chi connectivity index (χ2n) is 23.9. The SMILES string of the molecule is CCC1(COCCCCCCOc2ccc(N(c3ccc(C4(c5ccc(N(c6ccc(OCCCCCCOCC7(CC)COC7)cc6)c6cc(C)[c]([Y])c(C)[c]6[W])cc5)CCCCC4)cc3)c3cc(C)[c]([Y])c(C)[c]3[W])cc2)COC1. The van der Waals surface area contributed by atoms with E-state index in [-0.39, 0.29) is 16.2 Å². The molecule has 0 amide bonds. The monoisotopic (exact) mass is 1600 g/mol. The second-order valence-corrected chi connectivity index (χ2v) is 29.7. The summed E-state index contributed by atoms with van der Waals surface area (Å²) in [4.78, 5) is 4.98. The molecule has 0 bridgehead atoms. The van der Waals surface area contributed by atoms with E-state index in [9.17, 15) is 0 Å². The Balaban J connectivity index is 0.892. The molecule has 1 saturated carbocycles. The van der Waals surface area contributed by atoms with Gasteiger partial charge in [-0.2, -0.15) is 0 Å².